The molecule has 1 aliphatic rings. The standard InChI is InChI=1S/C30H24N4O2S/c35-28-25-16-7-8-17-26(25)29(36)34(28)18-9-2-1-4-11-22-12-10-13-23(19-22)20-31-33-30-32-27(21-37-30)24-14-5-3-6-15-24/h3,5-8,10,12-17,19-21H,1-2,9,18H2,(H,32,33). The fourth-order valence-electron chi connectivity index (χ4n) is 4.02. The highest BCUT2D eigenvalue weighted by molar-refractivity contribution is 7.14. The molecule has 0 saturated carbocycles. The Morgan fingerprint density at radius 2 is 1.68 bits per heavy atom. The summed E-state index contributed by atoms with van der Waals surface area (Å²) < 4.78 is 0. The van der Waals surface area contributed by atoms with Crippen LogP contribution in [0.2, 0.25) is 0 Å². The van der Waals surface area contributed by atoms with Crippen LogP contribution in [0.3, 0.4) is 0 Å². The summed E-state index contributed by atoms with van der Waals surface area (Å²) in [5.74, 6) is 5.97. The third kappa shape index (κ3) is 5.83. The summed E-state index contributed by atoms with van der Waals surface area (Å²) in [5.41, 5.74) is 7.82. The van der Waals surface area contributed by atoms with Gasteiger partial charge in [0, 0.05) is 29.5 Å². The summed E-state index contributed by atoms with van der Waals surface area (Å²) in [6.07, 6.45) is 3.97. The normalized spacial score (nSPS) is 12.5. The zero-order valence-electron chi connectivity index (χ0n) is 20.1. The second-order valence-electron chi connectivity index (χ2n) is 8.47. The number of thiazole rings is 1. The number of nitrogens with one attached hydrogen (secondary N) is 1. The van der Waals surface area contributed by atoms with E-state index in [1.807, 2.05) is 60.0 Å². The first-order valence-electron chi connectivity index (χ1n) is 12.0. The van der Waals surface area contributed by atoms with E-state index in [9.17, 15) is 9.59 Å². The van der Waals surface area contributed by atoms with Gasteiger partial charge in [0.2, 0.25) is 5.13 Å². The molecule has 0 bridgehead atoms. The molecule has 0 fully saturated rings. The Bertz CT molecular complexity index is 1480. The molecule has 0 unspecified atom stereocenters. The number of hydrogen-bond donors (Lipinski definition) is 1. The number of carbonyl (C=O) groups excluding carboxylic acids is 2. The molecule has 0 spiro atoms. The first kappa shape index (κ1) is 24.2. The van der Waals surface area contributed by atoms with Gasteiger partial charge >= 0.3 is 0 Å². The maximum absolute atomic E-state index is 12.4. The van der Waals surface area contributed by atoms with Crippen LogP contribution in [-0.4, -0.2) is 34.5 Å². The number of anilines is 1. The molecule has 37 heavy (non-hydrogen) atoms. The molecule has 0 saturated heterocycles. The van der Waals surface area contributed by atoms with Gasteiger partial charge in [0.1, 0.15) is 0 Å². The summed E-state index contributed by atoms with van der Waals surface area (Å²) in [7, 11) is 0. The smallest absolute Gasteiger partial charge is 0.261 e. The van der Waals surface area contributed by atoms with E-state index in [-0.39, 0.29) is 11.8 Å². The second-order valence-corrected chi connectivity index (χ2v) is 9.32. The van der Waals surface area contributed by atoms with Gasteiger partial charge in [-0.3, -0.25) is 19.9 Å². The highest BCUT2D eigenvalue weighted by Gasteiger charge is 2.34. The van der Waals surface area contributed by atoms with Crippen LogP contribution in [0.25, 0.3) is 11.3 Å². The average molecular weight is 505 g/mol. The number of carbonyl (C=O) groups is 2. The Morgan fingerprint density at radius 1 is 0.919 bits per heavy atom. The predicted octanol–water partition coefficient (Wildman–Crippen LogP) is 6.07. The predicted molar refractivity (Wildman–Crippen MR) is 148 cm³/mol. The van der Waals surface area contributed by atoms with E-state index in [1.54, 1.807) is 30.5 Å². The summed E-state index contributed by atoms with van der Waals surface area (Å²) in [6, 6.07) is 24.9. The van der Waals surface area contributed by atoms with Gasteiger partial charge in [0.15, 0.2) is 0 Å². The molecule has 0 radical (unpaired) electrons. The molecule has 1 aromatic heterocycles. The summed E-state index contributed by atoms with van der Waals surface area (Å²) in [5, 5.41) is 7.04. The number of imide groups is 1. The average Bonchev–Trinajstić information content (AvgIpc) is 3.50. The molecule has 5 rings (SSSR count). The fraction of sp³-hybridized carbons (Fsp3) is 0.133. The van der Waals surface area contributed by atoms with Gasteiger partial charge in [-0.25, -0.2) is 4.98 Å². The second kappa shape index (κ2) is 11.5. The molecule has 0 aliphatic carbocycles. The van der Waals surface area contributed by atoms with Crippen LogP contribution in [0.5, 0.6) is 0 Å². The highest BCUT2D eigenvalue weighted by Crippen LogP contribution is 2.25. The molecule has 2 heterocycles. The number of hydrogen-bond acceptors (Lipinski definition) is 6. The lowest BCUT2D eigenvalue weighted by molar-refractivity contribution is 0.0652. The first-order valence-corrected chi connectivity index (χ1v) is 12.9. The van der Waals surface area contributed by atoms with Gasteiger partial charge in [0.25, 0.3) is 11.8 Å². The molecule has 6 nitrogen and oxygen atoms in total. The Balaban J connectivity index is 1.08. The van der Waals surface area contributed by atoms with Crippen LogP contribution in [0.1, 0.15) is 51.1 Å². The largest absolute Gasteiger partial charge is 0.274 e. The SMILES string of the molecule is O=C1c2ccccc2C(=O)N1CCCCC#Cc1cccc(C=NNc2nc(-c3ccccc3)cs2)c1. The zero-order valence-corrected chi connectivity index (χ0v) is 20.9. The topological polar surface area (TPSA) is 74.7 Å². The fourth-order valence-corrected chi connectivity index (χ4v) is 4.68. The lowest BCUT2D eigenvalue weighted by Crippen LogP contribution is -2.30. The van der Waals surface area contributed by atoms with E-state index in [4.69, 9.17) is 0 Å². The van der Waals surface area contributed by atoms with E-state index in [0.29, 0.717) is 24.1 Å². The minimum atomic E-state index is -0.203. The third-order valence-corrected chi connectivity index (χ3v) is 6.63. The summed E-state index contributed by atoms with van der Waals surface area (Å²) >= 11 is 1.51. The van der Waals surface area contributed by atoms with Gasteiger partial charge in [-0.1, -0.05) is 66.4 Å². The molecule has 182 valence electrons. The lowest BCUT2D eigenvalue weighted by Gasteiger charge is -2.12. The number of amides is 2. The Labute approximate surface area is 219 Å². The lowest BCUT2D eigenvalue weighted by atomic mass is 10.1. The molecular formula is C30H24N4O2S. The number of fused-ring (bicyclic) bond motifs is 1. The van der Waals surface area contributed by atoms with Crippen molar-refractivity contribution in [1.82, 2.24) is 9.88 Å². The van der Waals surface area contributed by atoms with Crippen LogP contribution in [0.15, 0.2) is 89.3 Å². The molecule has 4 aromatic rings. The van der Waals surface area contributed by atoms with E-state index in [1.165, 1.54) is 16.2 Å². The number of rotatable bonds is 8. The van der Waals surface area contributed by atoms with Gasteiger partial charge in [-0.2, -0.15) is 5.10 Å². The van der Waals surface area contributed by atoms with Gasteiger partial charge in [-0.15, -0.1) is 11.3 Å². The maximum atomic E-state index is 12.4. The monoisotopic (exact) mass is 504 g/mol. The Kier molecular flexibility index (Phi) is 7.49. The van der Waals surface area contributed by atoms with Crippen LogP contribution < -0.4 is 5.43 Å². The van der Waals surface area contributed by atoms with Crippen LogP contribution in [0, 0.1) is 11.8 Å². The van der Waals surface area contributed by atoms with Crippen molar-refractivity contribution in [3.05, 3.63) is 106 Å². The van der Waals surface area contributed by atoms with Crippen molar-refractivity contribution in [2.24, 2.45) is 5.10 Å². The van der Waals surface area contributed by atoms with Gasteiger partial charge in [0.05, 0.1) is 23.0 Å². The molecule has 3 aromatic carbocycles. The van der Waals surface area contributed by atoms with Crippen molar-refractivity contribution in [2.75, 3.05) is 12.0 Å². The van der Waals surface area contributed by atoms with Crippen LogP contribution in [0.4, 0.5) is 5.13 Å². The van der Waals surface area contributed by atoms with Gasteiger partial charge in [-0.05, 0) is 42.7 Å². The Morgan fingerprint density at radius 3 is 2.46 bits per heavy atom. The summed E-state index contributed by atoms with van der Waals surface area (Å²) in [4.78, 5) is 30.7. The molecule has 7 heteroatoms. The molecule has 0 atom stereocenters. The first-order chi connectivity index (χ1) is 18.2. The van der Waals surface area contributed by atoms with Crippen molar-refractivity contribution >= 4 is 34.5 Å². The summed E-state index contributed by atoms with van der Waals surface area (Å²) in [6.45, 7) is 0.416. The minimum absolute atomic E-state index is 0.203. The van der Waals surface area contributed by atoms with E-state index in [2.05, 4.69) is 27.4 Å². The molecule has 1 aliphatic heterocycles. The van der Waals surface area contributed by atoms with Crippen LogP contribution >= 0.6 is 11.3 Å². The third-order valence-electron chi connectivity index (χ3n) is 5.88. The van der Waals surface area contributed by atoms with Crippen molar-refractivity contribution in [3.8, 4) is 23.1 Å². The number of benzene rings is 3. The highest BCUT2D eigenvalue weighted by atomic mass is 32.1. The molecular weight excluding hydrogens is 480 g/mol. The quantitative estimate of drug-likeness (QED) is 0.104. The molecule has 2 amide bonds. The van der Waals surface area contributed by atoms with Crippen molar-refractivity contribution in [1.29, 1.82) is 0 Å². The molecule has 1 N–H and O–H groups in total. The van der Waals surface area contributed by atoms with Crippen molar-refractivity contribution < 1.29 is 9.59 Å². The van der Waals surface area contributed by atoms with Crippen molar-refractivity contribution in [2.45, 2.75) is 19.3 Å². The number of aromatic nitrogens is 1. The maximum Gasteiger partial charge on any atom is 0.261 e. The zero-order chi connectivity index (χ0) is 25.5. The van der Waals surface area contributed by atoms with Crippen molar-refractivity contribution in [3.63, 3.8) is 0 Å². The number of nitrogens with zero attached hydrogens (tertiary/aromatic N) is 3. The van der Waals surface area contributed by atoms with Gasteiger partial charge < -0.3 is 0 Å². The Hall–Kier alpha value is -4.54. The van der Waals surface area contributed by atoms with Crippen LogP contribution in [-0.2, 0) is 0 Å². The van der Waals surface area contributed by atoms with E-state index in [0.717, 1.165) is 40.4 Å². The van der Waals surface area contributed by atoms with E-state index < -0.39 is 0 Å². The number of hydrazone groups is 1. The van der Waals surface area contributed by atoms with E-state index >= 15 is 0 Å². The number of unbranched alkanes of at least 4 members (excludes halogenated alkanes) is 2. The minimum Gasteiger partial charge on any atom is -0.274 e.